The summed E-state index contributed by atoms with van der Waals surface area (Å²) in [4.78, 5) is 4.48. The lowest BCUT2D eigenvalue weighted by atomic mass is 10.2. The average Bonchev–Trinajstić information content (AvgIpc) is 2.99. The summed E-state index contributed by atoms with van der Waals surface area (Å²) in [6.07, 6.45) is 7.43. The van der Waals surface area contributed by atoms with E-state index in [0.717, 1.165) is 33.8 Å². The molecule has 0 saturated heterocycles. The Kier molecular flexibility index (Phi) is 5.31. The van der Waals surface area contributed by atoms with Crippen molar-refractivity contribution in [2.75, 3.05) is 5.32 Å². The maximum atomic E-state index is 4.48. The van der Waals surface area contributed by atoms with E-state index in [2.05, 4.69) is 28.6 Å². The second kappa shape index (κ2) is 7.40. The number of aryl methyl sites for hydroxylation is 1. The highest BCUT2D eigenvalue weighted by Crippen LogP contribution is 2.15. The number of aromatic nitrogens is 2. The summed E-state index contributed by atoms with van der Waals surface area (Å²) in [7, 11) is 1.90. The van der Waals surface area contributed by atoms with Crippen LogP contribution in [0.15, 0.2) is 66.7 Å². The van der Waals surface area contributed by atoms with Crippen molar-refractivity contribution in [2.24, 2.45) is 12.0 Å². The monoisotopic (exact) mass is 306 g/mol. The van der Waals surface area contributed by atoms with Crippen LogP contribution in [0.25, 0.3) is 11.6 Å². The summed E-state index contributed by atoms with van der Waals surface area (Å²) >= 11 is 0. The molecule has 0 radical (unpaired) electrons. The van der Waals surface area contributed by atoms with Gasteiger partial charge in [-0.1, -0.05) is 31.4 Å². The van der Waals surface area contributed by atoms with E-state index in [1.54, 1.807) is 4.68 Å². The van der Waals surface area contributed by atoms with Crippen LogP contribution in [0.3, 0.4) is 0 Å². The van der Waals surface area contributed by atoms with Crippen molar-refractivity contribution in [3.05, 3.63) is 72.8 Å². The Morgan fingerprint density at radius 2 is 2.13 bits per heavy atom. The largest absolute Gasteiger partial charge is 0.355 e. The van der Waals surface area contributed by atoms with Gasteiger partial charge in [0.25, 0.3) is 0 Å². The highest BCUT2D eigenvalue weighted by Gasteiger charge is 2.01. The van der Waals surface area contributed by atoms with Gasteiger partial charge in [0.15, 0.2) is 0 Å². The van der Waals surface area contributed by atoms with Crippen molar-refractivity contribution >= 4 is 23.0 Å². The van der Waals surface area contributed by atoms with Crippen LogP contribution in [0.2, 0.25) is 0 Å². The molecule has 1 aromatic carbocycles. The predicted molar refractivity (Wildman–Crippen MR) is 99.3 cm³/mol. The number of anilines is 1. The van der Waals surface area contributed by atoms with Gasteiger partial charge in [0.05, 0.1) is 17.6 Å². The lowest BCUT2D eigenvalue weighted by Crippen LogP contribution is -2.06. The van der Waals surface area contributed by atoms with Crippen LogP contribution < -0.4 is 5.32 Å². The molecule has 0 saturated carbocycles. The van der Waals surface area contributed by atoms with E-state index in [-0.39, 0.29) is 0 Å². The van der Waals surface area contributed by atoms with Crippen molar-refractivity contribution in [1.82, 2.24) is 9.78 Å². The van der Waals surface area contributed by atoms with E-state index in [4.69, 9.17) is 0 Å². The first-order valence-corrected chi connectivity index (χ1v) is 7.38. The quantitative estimate of drug-likeness (QED) is 0.798. The summed E-state index contributed by atoms with van der Waals surface area (Å²) < 4.78 is 1.77. The predicted octanol–water partition coefficient (Wildman–Crippen LogP) is 4.51. The molecule has 0 atom stereocenters. The van der Waals surface area contributed by atoms with Crippen molar-refractivity contribution in [1.29, 1.82) is 0 Å². The third-order valence-electron chi connectivity index (χ3n) is 3.47. The molecule has 0 bridgehead atoms. The van der Waals surface area contributed by atoms with Crippen LogP contribution in [0.1, 0.15) is 25.0 Å². The van der Waals surface area contributed by atoms with E-state index < -0.39 is 0 Å². The number of nitrogens with zero attached hydrogens (tertiary/aromatic N) is 3. The van der Waals surface area contributed by atoms with Crippen molar-refractivity contribution < 1.29 is 0 Å². The average molecular weight is 306 g/mol. The second-order valence-corrected chi connectivity index (χ2v) is 5.36. The fourth-order valence-corrected chi connectivity index (χ4v) is 1.98. The zero-order valence-electron chi connectivity index (χ0n) is 13.9. The summed E-state index contributed by atoms with van der Waals surface area (Å²) in [5.74, 6) is 0. The number of hydrogen-bond donors (Lipinski definition) is 1. The molecule has 1 aromatic heterocycles. The lowest BCUT2D eigenvalue weighted by Gasteiger charge is -2.09. The van der Waals surface area contributed by atoms with Crippen LogP contribution in [0.4, 0.5) is 5.69 Å². The zero-order valence-corrected chi connectivity index (χ0v) is 13.9. The molecule has 4 heteroatoms. The minimum Gasteiger partial charge on any atom is -0.355 e. The molecule has 0 amide bonds. The fraction of sp³-hybridized carbons (Fsp3) is 0.158. The van der Waals surface area contributed by atoms with Gasteiger partial charge < -0.3 is 5.32 Å². The molecule has 2 rings (SSSR count). The first-order valence-electron chi connectivity index (χ1n) is 7.38. The Morgan fingerprint density at radius 3 is 2.78 bits per heavy atom. The van der Waals surface area contributed by atoms with Gasteiger partial charge in [-0.05, 0) is 37.1 Å². The van der Waals surface area contributed by atoms with Crippen LogP contribution in [0.5, 0.6) is 0 Å². The van der Waals surface area contributed by atoms with Crippen LogP contribution in [-0.2, 0) is 7.05 Å². The van der Waals surface area contributed by atoms with Crippen molar-refractivity contribution in [2.45, 2.75) is 13.8 Å². The van der Waals surface area contributed by atoms with Gasteiger partial charge >= 0.3 is 0 Å². The molecular weight excluding hydrogens is 284 g/mol. The Bertz CT molecular complexity index is 778. The summed E-state index contributed by atoms with van der Waals surface area (Å²) in [5.41, 5.74) is 5.73. The molecule has 2 aromatic rings. The van der Waals surface area contributed by atoms with Crippen LogP contribution in [-0.4, -0.2) is 15.5 Å². The van der Waals surface area contributed by atoms with E-state index >= 15 is 0 Å². The molecule has 0 aliphatic rings. The normalized spacial score (nSPS) is 12.1. The van der Waals surface area contributed by atoms with Gasteiger partial charge in [-0.3, -0.25) is 9.67 Å². The standard InChI is InChI=1S/C19H22N4/c1-6-17-8-7-9-19(10-17)22-16(4)15(3)20-11-14(2)18-12-21-23(5)13-18/h6-13,22H,1,4H2,2-3,5H3/b14-11+,20-15?. The maximum absolute atomic E-state index is 4.48. The fourth-order valence-electron chi connectivity index (χ4n) is 1.98. The number of allylic oxidation sites excluding steroid dienone is 2. The Morgan fingerprint density at radius 1 is 1.35 bits per heavy atom. The Labute approximate surface area is 137 Å². The first-order chi connectivity index (χ1) is 11.0. The van der Waals surface area contributed by atoms with E-state index in [9.17, 15) is 0 Å². The minimum absolute atomic E-state index is 0.765. The van der Waals surface area contributed by atoms with Gasteiger partial charge in [0.1, 0.15) is 0 Å². The van der Waals surface area contributed by atoms with Crippen molar-refractivity contribution in [3.8, 4) is 0 Å². The molecular formula is C19H22N4. The molecule has 0 aliphatic heterocycles. The number of rotatable bonds is 6. The summed E-state index contributed by atoms with van der Waals surface area (Å²) in [5, 5.41) is 7.43. The van der Waals surface area contributed by atoms with Gasteiger partial charge in [0.2, 0.25) is 0 Å². The Hall–Kier alpha value is -2.88. The van der Waals surface area contributed by atoms with Gasteiger partial charge in [0, 0.05) is 30.7 Å². The van der Waals surface area contributed by atoms with E-state index in [0.29, 0.717) is 0 Å². The molecule has 0 spiro atoms. The SMILES string of the molecule is C=Cc1cccc(NC(=C)C(C)=N/C=C(\C)c2cnn(C)c2)c1. The molecule has 1 heterocycles. The topological polar surface area (TPSA) is 42.2 Å². The minimum atomic E-state index is 0.765. The molecule has 0 fully saturated rings. The van der Waals surface area contributed by atoms with Crippen LogP contribution in [0, 0.1) is 0 Å². The number of benzene rings is 1. The molecule has 0 unspecified atom stereocenters. The van der Waals surface area contributed by atoms with Gasteiger partial charge in [-0.25, -0.2) is 0 Å². The highest BCUT2D eigenvalue weighted by atomic mass is 15.2. The summed E-state index contributed by atoms with van der Waals surface area (Å²) in [6.45, 7) is 11.8. The number of nitrogens with one attached hydrogen (secondary N) is 1. The van der Waals surface area contributed by atoms with Gasteiger partial charge in [-0.2, -0.15) is 5.10 Å². The third kappa shape index (κ3) is 4.54. The smallest absolute Gasteiger partial charge is 0.0601 e. The maximum Gasteiger partial charge on any atom is 0.0601 e. The molecule has 4 nitrogen and oxygen atoms in total. The zero-order chi connectivity index (χ0) is 16.8. The Balaban J connectivity index is 2.07. The molecule has 0 aliphatic carbocycles. The molecule has 23 heavy (non-hydrogen) atoms. The van der Waals surface area contributed by atoms with E-state index in [1.165, 1.54) is 0 Å². The molecule has 1 N–H and O–H groups in total. The highest BCUT2D eigenvalue weighted by molar-refractivity contribution is 6.00. The number of aliphatic imine (C=N–C) groups is 1. The van der Waals surface area contributed by atoms with Gasteiger partial charge in [-0.15, -0.1) is 0 Å². The molecule has 118 valence electrons. The lowest BCUT2D eigenvalue weighted by molar-refractivity contribution is 0.767. The van der Waals surface area contributed by atoms with Crippen molar-refractivity contribution in [3.63, 3.8) is 0 Å². The first kappa shape index (κ1) is 16.5. The van der Waals surface area contributed by atoms with E-state index in [1.807, 2.05) is 69.8 Å². The second-order valence-electron chi connectivity index (χ2n) is 5.36. The third-order valence-corrected chi connectivity index (χ3v) is 3.47. The summed E-state index contributed by atoms with van der Waals surface area (Å²) in [6, 6.07) is 7.98. The van der Waals surface area contributed by atoms with Crippen LogP contribution >= 0.6 is 0 Å². The number of hydrogen-bond acceptors (Lipinski definition) is 3.